The molecule has 0 N–H and O–H groups in total. The Morgan fingerprint density at radius 3 is 2.65 bits per heavy atom. The van der Waals surface area contributed by atoms with E-state index >= 15 is 0 Å². The summed E-state index contributed by atoms with van der Waals surface area (Å²) in [5.41, 5.74) is 3.77. The summed E-state index contributed by atoms with van der Waals surface area (Å²) in [5.74, 6) is 1.04. The molecule has 2 aromatic carbocycles. The Hall–Kier alpha value is -2.67. The summed E-state index contributed by atoms with van der Waals surface area (Å²) >= 11 is 1.33. The molecular weight excluding hydrogens is 348 g/mol. The standard InChI is InChI=1S/C19H20N4O2S/c1-4-25-16-9-7-15(8-10-16)18(24)12-26-19-20-21-22-23(19)17-11-13(2)5-6-14(17)3/h5-11H,4,12H2,1-3H3. The Kier molecular flexibility index (Phi) is 5.68. The predicted molar refractivity (Wildman–Crippen MR) is 101 cm³/mol. The number of carbonyl (C=O) groups excluding carboxylic acids is 1. The van der Waals surface area contributed by atoms with E-state index in [1.807, 2.05) is 51.1 Å². The molecule has 0 amide bonds. The first-order chi connectivity index (χ1) is 12.6. The lowest BCUT2D eigenvalue weighted by Crippen LogP contribution is -2.06. The molecule has 1 heterocycles. The molecule has 0 bridgehead atoms. The van der Waals surface area contributed by atoms with Crippen molar-refractivity contribution in [2.45, 2.75) is 25.9 Å². The van der Waals surface area contributed by atoms with Gasteiger partial charge in [0.1, 0.15) is 5.75 Å². The van der Waals surface area contributed by atoms with Crippen LogP contribution in [0.2, 0.25) is 0 Å². The fraction of sp³-hybridized carbons (Fsp3) is 0.263. The van der Waals surface area contributed by atoms with Gasteiger partial charge in [-0.3, -0.25) is 4.79 Å². The molecule has 1 aromatic heterocycles. The van der Waals surface area contributed by atoms with Gasteiger partial charge in [-0.05, 0) is 72.7 Å². The molecule has 0 radical (unpaired) electrons. The lowest BCUT2D eigenvalue weighted by molar-refractivity contribution is 0.102. The topological polar surface area (TPSA) is 69.9 Å². The number of nitrogens with zero attached hydrogens (tertiary/aromatic N) is 4. The van der Waals surface area contributed by atoms with Crippen LogP contribution in [0.15, 0.2) is 47.6 Å². The van der Waals surface area contributed by atoms with Crippen molar-refractivity contribution >= 4 is 17.5 Å². The molecule has 0 spiro atoms. The molecule has 0 saturated heterocycles. The van der Waals surface area contributed by atoms with Gasteiger partial charge in [0.2, 0.25) is 5.16 Å². The summed E-state index contributed by atoms with van der Waals surface area (Å²) in [4.78, 5) is 12.4. The van der Waals surface area contributed by atoms with Gasteiger partial charge in [0.05, 0.1) is 18.0 Å². The second-order valence-corrected chi connectivity index (χ2v) is 6.77. The number of rotatable bonds is 7. The van der Waals surface area contributed by atoms with E-state index in [0.717, 1.165) is 22.6 Å². The average Bonchev–Trinajstić information content (AvgIpc) is 3.11. The number of ketones is 1. The molecule has 3 rings (SSSR count). The maximum absolute atomic E-state index is 12.4. The number of ether oxygens (including phenoxy) is 1. The number of hydrogen-bond donors (Lipinski definition) is 0. The maximum Gasteiger partial charge on any atom is 0.214 e. The molecule has 0 aliphatic rings. The quantitative estimate of drug-likeness (QED) is 0.468. The minimum atomic E-state index is 0.0218. The molecule has 134 valence electrons. The van der Waals surface area contributed by atoms with Crippen molar-refractivity contribution in [3.63, 3.8) is 0 Å². The van der Waals surface area contributed by atoms with E-state index in [-0.39, 0.29) is 11.5 Å². The smallest absolute Gasteiger partial charge is 0.214 e. The highest BCUT2D eigenvalue weighted by molar-refractivity contribution is 7.99. The van der Waals surface area contributed by atoms with E-state index in [2.05, 4.69) is 15.5 Å². The van der Waals surface area contributed by atoms with Gasteiger partial charge in [-0.2, -0.15) is 4.68 Å². The molecule has 3 aromatic rings. The van der Waals surface area contributed by atoms with Gasteiger partial charge in [0.15, 0.2) is 5.78 Å². The van der Waals surface area contributed by atoms with Gasteiger partial charge in [-0.1, -0.05) is 23.9 Å². The average molecular weight is 368 g/mol. The van der Waals surface area contributed by atoms with Crippen molar-refractivity contribution in [2.75, 3.05) is 12.4 Å². The minimum Gasteiger partial charge on any atom is -0.494 e. The molecule has 7 heteroatoms. The Bertz CT molecular complexity index is 906. The summed E-state index contributed by atoms with van der Waals surface area (Å²) in [6.07, 6.45) is 0. The third-order valence-electron chi connectivity index (χ3n) is 3.85. The zero-order valence-electron chi connectivity index (χ0n) is 15.0. The van der Waals surface area contributed by atoms with Crippen LogP contribution in [0, 0.1) is 13.8 Å². The third-order valence-corrected chi connectivity index (χ3v) is 4.77. The normalized spacial score (nSPS) is 10.7. The molecule has 0 aliphatic carbocycles. The van der Waals surface area contributed by atoms with E-state index in [1.165, 1.54) is 11.8 Å². The largest absolute Gasteiger partial charge is 0.494 e. The van der Waals surface area contributed by atoms with Gasteiger partial charge in [0.25, 0.3) is 0 Å². The highest BCUT2D eigenvalue weighted by Gasteiger charge is 2.14. The van der Waals surface area contributed by atoms with Crippen molar-refractivity contribution in [3.05, 3.63) is 59.2 Å². The SMILES string of the molecule is CCOc1ccc(C(=O)CSc2nnnn2-c2cc(C)ccc2C)cc1. The van der Waals surface area contributed by atoms with Crippen molar-refractivity contribution in [2.24, 2.45) is 0 Å². The van der Waals surface area contributed by atoms with Crippen LogP contribution in [0.1, 0.15) is 28.4 Å². The van der Waals surface area contributed by atoms with E-state index in [1.54, 1.807) is 16.8 Å². The highest BCUT2D eigenvalue weighted by Crippen LogP contribution is 2.23. The van der Waals surface area contributed by atoms with Gasteiger partial charge >= 0.3 is 0 Å². The van der Waals surface area contributed by atoms with Crippen LogP contribution in [0.3, 0.4) is 0 Å². The van der Waals surface area contributed by atoms with Crippen LogP contribution in [0.25, 0.3) is 5.69 Å². The summed E-state index contributed by atoms with van der Waals surface area (Å²) in [7, 11) is 0. The van der Waals surface area contributed by atoms with E-state index in [0.29, 0.717) is 17.3 Å². The van der Waals surface area contributed by atoms with Crippen LogP contribution in [0.4, 0.5) is 0 Å². The molecule has 0 aliphatic heterocycles. The van der Waals surface area contributed by atoms with Gasteiger partial charge in [-0.15, -0.1) is 5.10 Å². The second kappa shape index (κ2) is 8.14. The summed E-state index contributed by atoms with van der Waals surface area (Å²) in [5, 5.41) is 12.5. The second-order valence-electron chi connectivity index (χ2n) is 5.83. The maximum atomic E-state index is 12.4. The molecule has 6 nitrogen and oxygen atoms in total. The zero-order chi connectivity index (χ0) is 18.5. The fourth-order valence-electron chi connectivity index (χ4n) is 2.48. The van der Waals surface area contributed by atoms with E-state index < -0.39 is 0 Å². The van der Waals surface area contributed by atoms with Crippen LogP contribution >= 0.6 is 11.8 Å². The van der Waals surface area contributed by atoms with E-state index in [9.17, 15) is 4.79 Å². The highest BCUT2D eigenvalue weighted by atomic mass is 32.2. The number of hydrogen-bond acceptors (Lipinski definition) is 6. The summed E-state index contributed by atoms with van der Waals surface area (Å²) in [6, 6.07) is 13.3. The summed E-state index contributed by atoms with van der Waals surface area (Å²) in [6.45, 7) is 6.56. The first-order valence-corrected chi connectivity index (χ1v) is 9.32. The molecule has 26 heavy (non-hydrogen) atoms. The van der Waals surface area contributed by atoms with Crippen LogP contribution in [-0.2, 0) is 0 Å². The number of thioether (sulfide) groups is 1. The molecular formula is C19H20N4O2S. The summed E-state index contributed by atoms with van der Waals surface area (Å²) < 4.78 is 7.08. The number of aromatic nitrogens is 4. The first-order valence-electron chi connectivity index (χ1n) is 8.33. The lowest BCUT2D eigenvalue weighted by Gasteiger charge is -2.08. The molecule has 0 fully saturated rings. The van der Waals surface area contributed by atoms with Crippen molar-refractivity contribution < 1.29 is 9.53 Å². The number of benzene rings is 2. The minimum absolute atomic E-state index is 0.0218. The van der Waals surface area contributed by atoms with Crippen LogP contribution in [0.5, 0.6) is 5.75 Å². The van der Waals surface area contributed by atoms with Crippen molar-refractivity contribution in [3.8, 4) is 11.4 Å². The van der Waals surface area contributed by atoms with Crippen LogP contribution in [-0.4, -0.2) is 38.4 Å². The zero-order valence-corrected chi connectivity index (χ0v) is 15.8. The monoisotopic (exact) mass is 368 g/mol. The lowest BCUT2D eigenvalue weighted by atomic mass is 10.1. The molecule has 0 atom stereocenters. The van der Waals surface area contributed by atoms with Crippen molar-refractivity contribution in [1.29, 1.82) is 0 Å². The Morgan fingerprint density at radius 1 is 1.15 bits per heavy atom. The fourth-order valence-corrected chi connectivity index (χ4v) is 3.26. The number of carbonyl (C=O) groups is 1. The van der Waals surface area contributed by atoms with Gasteiger partial charge in [0, 0.05) is 5.56 Å². The number of Topliss-reactive ketones (excluding diaryl/α,β-unsaturated/α-hetero) is 1. The van der Waals surface area contributed by atoms with E-state index in [4.69, 9.17) is 4.74 Å². The predicted octanol–water partition coefficient (Wildman–Crippen LogP) is 3.65. The third kappa shape index (κ3) is 4.11. The molecule has 0 saturated carbocycles. The van der Waals surface area contributed by atoms with Crippen LogP contribution < -0.4 is 4.74 Å². The Labute approximate surface area is 156 Å². The molecule has 0 unspecified atom stereocenters. The Morgan fingerprint density at radius 2 is 1.92 bits per heavy atom. The van der Waals surface area contributed by atoms with Crippen molar-refractivity contribution in [1.82, 2.24) is 20.2 Å². The first kappa shape index (κ1) is 18.1. The Balaban J connectivity index is 1.72. The van der Waals surface area contributed by atoms with Gasteiger partial charge < -0.3 is 4.74 Å². The number of aryl methyl sites for hydroxylation is 2. The van der Waals surface area contributed by atoms with Gasteiger partial charge in [-0.25, -0.2) is 0 Å². The number of tetrazole rings is 1.